The fraction of sp³-hybridized carbons (Fsp3) is 0.692. The Morgan fingerprint density at radius 3 is 2.73 bits per heavy atom. The lowest BCUT2D eigenvalue weighted by Crippen LogP contribution is -2.53. The first-order chi connectivity index (χ1) is 16.1. The molecule has 2 saturated carbocycles. The molecule has 33 heavy (non-hydrogen) atoms. The maximum Gasteiger partial charge on any atom is 0.227 e. The van der Waals surface area contributed by atoms with Gasteiger partial charge >= 0.3 is 0 Å². The van der Waals surface area contributed by atoms with E-state index in [9.17, 15) is 9.59 Å². The van der Waals surface area contributed by atoms with Gasteiger partial charge in [0.2, 0.25) is 11.8 Å². The van der Waals surface area contributed by atoms with Gasteiger partial charge < -0.3 is 25.2 Å². The van der Waals surface area contributed by atoms with Crippen molar-refractivity contribution >= 4 is 17.5 Å². The van der Waals surface area contributed by atoms with Crippen LogP contribution in [0.5, 0.6) is 0 Å². The Morgan fingerprint density at radius 1 is 1.15 bits per heavy atom. The number of hydrogen-bond acceptors (Lipinski definition) is 5. The summed E-state index contributed by atoms with van der Waals surface area (Å²) in [6.45, 7) is 4.97. The molecule has 7 heteroatoms. The van der Waals surface area contributed by atoms with E-state index in [-0.39, 0.29) is 29.7 Å². The lowest BCUT2D eigenvalue weighted by atomic mass is 9.93. The highest BCUT2D eigenvalue weighted by Crippen LogP contribution is 2.39. The van der Waals surface area contributed by atoms with Gasteiger partial charge in [-0.2, -0.15) is 0 Å². The summed E-state index contributed by atoms with van der Waals surface area (Å²) >= 11 is 0. The Bertz CT molecular complexity index is 854. The predicted molar refractivity (Wildman–Crippen MR) is 128 cm³/mol. The van der Waals surface area contributed by atoms with Gasteiger partial charge in [0.25, 0.3) is 0 Å². The summed E-state index contributed by atoms with van der Waals surface area (Å²) in [5.41, 5.74) is 2.67. The average Bonchev–Trinajstić information content (AvgIpc) is 3.75. The number of carbonyl (C=O) groups excluding carboxylic acids is 2. The minimum Gasteiger partial charge on any atom is -0.385 e. The Morgan fingerprint density at radius 2 is 1.97 bits per heavy atom. The molecule has 1 aromatic rings. The molecule has 180 valence electrons. The van der Waals surface area contributed by atoms with E-state index in [0.29, 0.717) is 18.5 Å². The van der Waals surface area contributed by atoms with E-state index in [2.05, 4.69) is 44.7 Å². The van der Waals surface area contributed by atoms with Gasteiger partial charge in [0.05, 0.1) is 5.92 Å². The van der Waals surface area contributed by atoms with Gasteiger partial charge in [-0.1, -0.05) is 18.2 Å². The van der Waals surface area contributed by atoms with E-state index in [1.54, 1.807) is 7.11 Å². The highest BCUT2D eigenvalue weighted by atomic mass is 16.5. The number of piperidine rings is 1. The topological polar surface area (TPSA) is 73.9 Å². The fourth-order valence-electron chi connectivity index (χ4n) is 5.53. The molecule has 1 unspecified atom stereocenters. The Hall–Kier alpha value is -2.12. The number of ether oxygens (including phenoxy) is 1. The molecule has 1 saturated heterocycles. The quantitative estimate of drug-likeness (QED) is 0.530. The lowest BCUT2D eigenvalue weighted by Gasteiger charge is -2.35. The lowest BCUT2D eigenvalue weighted by molar-refractivity contribution is -0.137. The van der Waals surface area contributed by atoms with Crippen LogP contribution >= 0.6 is 0 Å². The Labute approximate surface area is 197 Å². The van der Waals surface area contributed by atoms with E-state index in [1.165, 1.54) is 11.3 Å². The van der Waals surface area contributed by atoms with Gasteiger partial charge in [-0.15, -0.1) is 0 Å². The normalized spacial score (nSPS) is 26.7. The average molecular weight is 455 g/mol. The number of anilines is 1. The SMILES string of the molecule is COCCCN1CC(CN(C(=O)[C@@H]2CNC[C@H](NC(=O)C3CC3)C2)C2CC2)c2ccccc21. The third kappa shape index (κ3) is 5.35. The summed E-state index contributed by atoms with van der Waals surface area (Å²) in [5, 5.41) is 6.58. The molecule has 2 amide bonds. The van der Waals surface area contributed by atoms with E-state index in [4.69, 9.17) is 4.74 Å². The van der Waals surface area contributed by atoms with Crippen molar-refractivity contribution in [2.75, 3.05) is 51.3 Å². The van der Waals surface area contributed by atoms with Crippen LogP contribution < -0.4 is 15.5 Å². The van der Waals surface area contributed by atoms with Gasteiger partial charge in [-0.25, -0.2) is 0 Å². The molecule has 0 bridgehead atoms. The minimum atomic E-state index is -0.0571. The zero-order chi connectivity index (χ0) is 22.8. The second kappa shape index (κ2) is 10.0. The summed E-state index contributed by atoms with van der Waals surface area (Å²) < 4.78 is 5.26. The molecular weight excluding hydrogens is 416 g/mol. The number of methoxy groups -OCH3 is 1. The highest BCUT2D eigenvalue weighted by molar-refractivity contribution is 5.82. The van der Waals surface area contributed by atoms with Crippen LogP contribution in [0.2, 0.25) is 0 Å². The maximum absolute atomic E-state index is 13.7. The van der Waals surface area contributed by atoms with Crippen molar-refractivity contribution < 1.29 is 14.3 Å². The molecule has 7 nitrogen and oxygen atoms in total. The summed E-state index contributed by atoms with van der Waals surface area (Å²) in [6, 6.07) is 9.12. The van der Waals surface area contributed by atoms with Crippen LogP contribution in [0.15, 0.2) is 24.3 Å². The zero-order valence-corrected chi connectivity index (χ0v) is 19.8. The van der Waals surface area contributed by atoms with E-state index < -0.39 is 0 Å². The molecule has 0 radical (unpaired) electrons. The van der Waals surface area contributed by atoms with E-state index in [0.717, 1.165) is 71.3 Å². The van der Waals surface area contributed by atoms with Crippen LogP contribution in [-0.4, -0.2) is 75.2 Å². The van der Waals surface area contributed by atoms with Crippen LogP contribution in [0.3, 0.4) is 0 Å². The molecule has 0 aromatic heterocycles. The predicted octanol–water partition coefficient (Wildman–Crippen LogP) is 2.12. The largest absolute Gasteiger partial charge is 0.385 e. The van der Waals surface area contributed by atoms with Gasteiger partial charge in [0.1, 0.15) is 0 Å². The zero-order valence-electron chi connectivity index (χ0n) is 19.8. The molecule has 3 fully saturated rings. The molecular formula is C26H38N4O3. The standard InChI is InChI=1S/C26H38N4O3/c1-33-12-4-11-29-16-20(23-5-2-3-6-24(23)29)17-30(22-9-10-22)26(32)19-13-21(15-27-14-19)28-25(31)18-7-8-18/h2-3,5-6,18-22,27H,4,7-17H2,1H3,(H,28,31)/t19-,20?,21+/m0/s1. The van der Waals surface area contributed by atoms with Crippen molar-refractivity contribution in [3.63, 3.8) is 0 Å². The number of rotatable bonds is 10. The number of nitrogens with one attached hydrogen (secondary N) is 2. The number of amides is 2. The fourth-order valence-corrected chi connectivity index (χ4v) is 5.53. The Kier molecular flexibility index (Phi) is 6.88. The van der Waals surface area contributed by atoms with Gasteiger partial charge in [0.15, 0.2) is 0 Å². The number of benzene rings is 1. The number of nitrogens with zero attached hydrogens (tertiary/aromatic N) is 2. The molecule has 5 rings (SSSR count). The van der Waals surface area contributed by atoms with Crippen molar-refractivity contribution in [3.05, 3.63) is 29.8 Å². The molecule has 2 aliphatic heterocycles. The van der Waals surface area contributed by atoms with Gasteiger partial charge in [-0.3, -0.25) is 9.59 Å². The van der Waals surface area contributed by atoms with E-state index in [1.807, 2.05) is 0 Å². The van der Waals surface area contributed by atoms with Crippen LogP contribution in [0.1, 0.15) is 50.0 Å². The monoisotopic (exact) mass is 454 g/mol. The first-order valence-corrected chi connectivity index (χ1v) is 12.8. The first-order valence-electron chi connectivity index (χ1n) is 12.8. The van der Waals surface area contributed by atoms with Crippen molar-refractivity contribution in [1.82, 2.24) is 15.5 Å². The smallest absolute Gasteiger partial charge is 0.227 e. The number of carbonyl (C=O) groups is 2. The van der Waals surface area contributed by atoms with Crippen molar-refractivity contribution in [3.8, 4) is 0 Å². The van der Waals surface area contributed by atoms with Crippen LogP contribution in [0, 0.1) is 11.8 Å². The number of para-hydroxylation sites is 1. The molecule has 4 aliphatic rings. The third-order valence-electron chi connectivity index (χ3n) is 7.62. The summed E-state index contributed by atoms with van der Waals surface area (Å²) in [6.07, 6.45) is 5.99. The van der Waals surface area contributed by atoms with Crippen molar-refractivity contribution in [2.45, 2.75) is 56.5 Å². The number of fused-ring (bicyclic) bond motifs is 1. The second-order valence-corrected chi connectivity index (χ2v) is 10.3. The first kappa shape index (κ1) is 22.7. The van der Waals surface area contributed by atoms with Crippen LogP contribution in [0.25, 0.3) is 0 Å². The molecule has 2 N–H and O–H groups in total. The van der Waals surface area contributed by atoms with E-state index >= 15 is 0 Å². The minimum absolute atomic E-state index is 0.0571. The molecule has 0 spiro atoms. The Balaban J connectivity index is 1.23. The third-order valence-corrected chi connectivity index (χ3v) is 7.62. The molecule has 3 atom stereocenters. The second-order valence-electron chi connectivity index (χ2n) is 10.3. The molecule has 1 aromatic carbocycles. The summed E-state index contributed by atoms with van der Waals surface area (Å²) in [5.74, 6) is 0.933. The summed E-state index contributed by atoms with van der Waals surface area (Å²) in [4.78, 5) is 30.6. The van der Waals surface area contributed by atoms with Crippen molar-refractivity contribution in [1.29, 1.82) is 0 Å². The summed E-state index contributed by atoms with van der Waals surface area (Å²) in [7, 11) is 1.75. The maximum atomic E-state index is 13.7. The van der Waals surface area contributed by atoms with Crippen molar-refractivity contribution in [2.24, 2.45) is 11.8 Å². The van der Waals surface area contributed by atoms with Gasteiger partial charge in [-0.05, 0) is 50.2 Å². The number of hydrogen-bond donors (Lipinski definition) is 2. The molecule has 2 aliphatic carbocycles. The van der Waals surface area contributed by atoms with Gasteiger partial charge in [0, 0.05) is 76.0 Å². The van der Waals surface area contributed by atoms with Crippen LogP contribution in [0.4, 0.5) is 5.69 Å². The van der Waals surface area contributed by atoms with Crippen LogP contribution in [-0.2, 0) is 14.3 Å². The molecule has 2 heterocycles. The highest BCUT2D eigenvalue weighted by Gasteiger charge is 2.41.